The van der Waals surface area contributed by atoms with Gasteiger partial charge in [0.1, 0.15) is 22.3 Å². The zero-order chi connectivity index (χ0) is 19.8. The number of halogens is 4. The molecule has 0 saturated heterocycles. The predicted octanol–water partition coefficient (Wildman–Crippen LogP) is 3.54. The van der Waals surface area contributed by atoms with Crippen molar-refractivity contribution < 1.29 is 26.0 Å². The van der Waals surface area contributed by atoms with Gasteiger partial charge in [-0.2, -0.15) is 26.2 Å². The van der Waals surface area contributed by atoms with Crippen molar-refractivity contribution in [3.8, 4) is 0 Å². The molecule has 27 heavy (non-hydrogen) atoms. The number of sulfonamides is 1. The molecule has 0 fully saturated rings. The Labute approximate surface area is 155 Å². The largest absolute Gasteiger partial charge is 0.409 e. The molecular weight excluding hydrogens is 408 g/mol. The fraction of sp³-hybridized carbons (Fsp3) is 0.267. The molecular formula is C15H12F4N4O2S2. The van der Waals surface area contributed by atoms with E-state index in [1.165, 1.54) is 6.92 Å². The number of benzene rings is 1. The second-order valence-electron chi connectivity index (χ2n) is 5.48. The van der Waals surface area contributed by atoms with E-state index in [0.29, 0.717) is 4.31 Å². The molecule has 1 atom stereocenters. The Bertz CT molecular complexity index is 1050. The van der Waals surface area contributed by atoms with Gasteiger partial charge in [-0.25, -0.2) is 17.8 Å². The zero-order valence-corrected chi connectivity index (χ0v) is 15.3. The van der Waals surface area contributed by atoms with Crippen LogP contribution < -0.4 is 0 Å². The summed E-state index contributed by atoms with van der Waals surface area (Å²) in [5.74, 6) is -0.726. The molecule has 6 nitrogen and oxygen atoms in total. The quantitative estimate of drug-likeness (QED) is 0.590. The Morgan fingerprint density at radius 1 is 1.19 bits per heavy atom. The molecule has 3 rings (SSSR count). The first kappa shape index (κ1) is 19.6. The molecule has 0 bridgehead atoms. The summed E-state index contributed by atoms with van der Waals surface area (Å²) in [6.45, 7) is 0.827. The summed E-state index contributed by atoms with van der Waals surface area (Å²) in [5.41, 5.74) is -0.0194. The zero-order valence-electron chi connectivity index (χ0n) is 13.7. The highest BCUT2D eigenvalue weighted by atomic mass is 32.2. The highest BCUT2D eigenvalue weighted by Gasteiger charge is 2.48. The average molecular weight is 420 g/mol. The van der Waals surface area contributed by atoms with Crippen molar-refractivity contribution in [1.82, 2.24) is 18.0 Å². The minimum absolute atomic E-state index is 0.169. The van der Waals surface area contributed by atoms with Crippen molar-refractivity contribution >= 4 is 32.9 Å². The molecule has 0 N–H and O–H groups in total. The second kappa shape index (κ2) is 7.09. The van der Waals surface area contributed by atoms with Crippen LogP contribution in [0.2, 0.25) is 0 Å². The van der Waals surface area contributed by atoms with E-state index in [9.17, 15) is 26.0 Å². The highest BCUT2D eigenvalue weighted by molar-refractivity contribution is 7.89. The molecule has 144 valence electrons. The Kier molecular flexibility index (Phi) is 5.14. The fourth-order valence-electron chi connectivity index (χ4n) is 2.60. The SMILES string of the molecule is CCN(C(c1ccc(F)cc1)C(F)(F)F)S(=O)(=O)c1cnc2nsnc2c1. The predicted molar refractivity (Wildman–Crippen MR) is 90.0 cm³/mol. The topological polar surface area (TPSA) is 76.1 Å². The third-order valence-electron chi connectivity index (χ3n) is 3.79. The maximum atomic E-state index is 13.8. The van der Waals surface area contributed by atoms with Crippen LogP contribution in [0.1, 0.15) is 18.5 Å². The van der Waals surface area contributed by atoms with Gasteiger partial charge in [-0.3, -0.25) is 0 Å². The van der Waals surface area contributed by atoms with E-state index >= 15 is 0 Å². The minimum atomic E-state index is -4.92. The number of pyridine rings is 1. The molecule has 2 aromatic heterocycles. The number of nitrogens with zero attached hydrogens (tertiary/aromatic N) is 4. The van der Waals surface area contributed by atoms with Gasteiger partial charge in [-0.05, 0) is 23.8 Å². The van der Waals surface area contributed by atoms with Crippen molar-refractivity contribution in [2.45, 2.75) is 24.0 Å². The van der Waals surface area contributed by atoms with E-state index in [1.807, 2.05) is 0 Å². The number of rotatable bonds is 5. The first-order valence-electron chi connectivity index (χ1n) is 7.57. The number of alkyl halides is 3. The summed E-state index contributed by atoms with van der Waals surface area (Å²) in [5, 5.41) is 0. The Morgan fingerprint density at radius 3 is 2.44 bits per heavy atom. The van der Waals surface area contributed by atoms with E-state index in [4.69, 9.17) is 0 Å². The van der Waals surface area contributed by atoms with Gasteiger partial charge in [0, 0.05) is 12.7 Å². The third kappa shape index (κ3) is 3.77. The molecule has 0 spiro atoms. The van der Waals surface area contributed by atoms with Gasteiger partial charge in [0.05, 0.1) is 11.7 Å². The van der Waals surface area contributed by atoms with Crippen LogP contribution in [0.5, 0.6) is 0 Å². The summed E-state index contributed by atoms with van der Waals surface area (Å²) in [4.78, 5) is 3.40. The van der Waals surface area contributed by atoms with Crippen molar-refractivity contribution in [2.75, 3.05) is 6.54 Å². The van der Waals surface area contributed by atoms with Crippen LogP contribution in [-0.2, 0) is 10.0 Å². The summed E-state index contributed by atoms with van der Waals surface area (Å²) >= 11 is 0.809. The lowest BCUT2D eigenvalue weighted by Gasteiger charge is -2.31. The van der Waals surface area contributed by atoms with Crippen LogP contribution in [0.3, 0.4) is 0 Å². The summed E-state index contributed by atoms with van der Waals surface area (Å²) in [6, 6.07) is 2.18. The smallest absolute Gasteiger partial charge is 0.233 e. The standard InChI is InChI=1S/C15H12F4N4O2S2/c1-2-23(13(15(17,18)19)9-3-5-10(16)6-4-9)27(24,25)11-7-12-14(20-8-11)22-26-21-12/h3-8,13H,2H2,1H3. The number of aromatic nitrogens is 3. The van der Waals surface area contributed by atoms with E-state index in [1.54, 1.807) is 0 Å². The number of hydrogen-bond donors (Lipinski definition) is 0. The molecule has 0 aliphatic carbocycles. The molecule has 0 radical (unpaired) electrons. The molecule has 3 aromatic rings. The van der Waals surface area contributed by atoms with E-state index in [2.05, 4.69) is 13.7 Å². The van der Waals surface area contributed by atoms with Crippen molar-refractivity contribution in [1.29, 1.82) is 0 Å². The van der Waals surface area contributed by atoms with Crippen LogP contribution in [0, 0.1) is 5.82 Å². The van der Waals surface area contributed by atoms with Gasteiger partial charge in [-0.1, -0.05) is 19.1 Å². The van der Waals surface area contributed by atoms with Crippen LogP contribution in [-0.4, -0.2) is 39.2 Å². The van der Waals surface area contributed by atoms with E-state index in [-0.39, 0.29) is 11.2 Å². The maximum Gasteiger partial charge on any atom is 0.409 e. The van der Waals surface area contributed by atoms with Gasteiger partial charge >= 0.3 is 6.18 Å². The Morgan fingerprint density at radius 2 is 1.85 bits per heavy atom. The molecule has 12 heteroatoms. The summed E-state index contributed by atoms with van der Waals surface area (Å²) < 4.78 is 88.2. The molecule has 0 aliphatic rings. The average Bonchev–Trinajstić information content (AvgIpc) is 3.07. The lowest BCUT2D eigenvalue weighted by molar-refractivity contribution is -0.173. The van der Waals surface area contributed by atoms with Gasteiger partial charge in [0.15, 0.2) is 5.65 Å². The first-order chi connectivity index (χ1) is 12.6. The van der Waals surface area contributed by atoms with Gasteiger partial charge in [-0.15, -0.1) is 0 Å². The molecule has 2 heterocycles. The summed E-state index contributed by atoms with van der Waals surface area (Å²) in [6.07, 6.45) is -3.97. The molecule has 0 aliphatic heterocycles. The number of fused-ring (bicyclic) bond motifs is 1. The molecule has 0 saturated carbocycles. The first-order valence-corrected chi connectivity index (χ1v) is 9.74. The molecule has 1 unspecified atom stereocenters. The lowest BCUT2D eigenvalue weighted by atomic mass is 10.1. The van der Waals surface area contributed by atoms with Gasteiger partial charge in [0.2, 0.25) is 10.0 Å². The van der Waals surface area contributed by atoms with Crippen LogP contribution in [0.15, 0.2) is 41.4 Å². The van der Waals surface area contributed by atoms with E-state index < -0.39 is 45.1 Å². The van der Waals surface area contributed by atoms with Crippen molar-refractivity contribution in [3.63, 3.8) is 0 Å². The maximum absolute atomic E-state index is 13.8. The fourth-order valence-corrected chi connectivity index (χ4v) is 4.66. The lowest BCUT2D eigenvalue weighted by Crippen LogP contribution is -2.42. The number of hydrogen-bond acceptors (Lipinski definition) is 6. The van der Waals surface area contributed by atoms with Gasteiger partial charge in [0.25, 0.3) is 0 Å². The van der Waals surface area contributed by atoms with Crippen LogP contribution in [0.4, 0.5) is 17.6 Å². The van der Waals surface area contributed by atoms with Crippen LogP contribution in [0.25, 0.3) is 11.2 Å². The van der Waals surface area contributed by atoms with E-state index in [0.717, 1.165) is 48.3 Å². The van der Waals surface area contributed by atoms with Gasteiger partial charge < -0.3 is 0 Å². The monoisotopic (exact) mass is 420 g/mol. The van der Waals surface area contributed by atoms with Crippen molar-refractivity contribution in [3.05, 3.63) is 47.9 Å². The van der Waals surface area contributed by atoms with Crippen molar-refractivity contribution in [2.24, 2.45) is 0 Å². The molecule has 1 aromatic carbocycles. The normalized spacial score (nSPS) is 14.0. The highest BCUT2D eigenvalue weighted by Crippen LogP contribution is 2.40. The minimum Gasteiger partial charge on any atom is -0.233 e. The second-order valence-corrected chi connectivity index (χ2v) is 7.90. The Hall–Kier alpha value is -2.18. The third-order valence-corrected chi connectivity index (χ3v) is 6.23. The van der Waals surface area contributed by atoms with Crippen LogP contribution >= 0.6 is 11.7 Å². The summed E-state index contributed by atoms with van der Waals surface area (Å²) in [7, 11) is -4.57. The molecule has 0 amide bonds. The Balaban J connectivity index is 2.11.